The first kappa shape index (κ1) is 12.8. The molecule has 6 heteroatoms. The number of aromatic nitrogens is 1. The minimum absolute atomic E-state index is 0.0685. The molecule has 96 valence electrons. The lowest BCUT2D eigenvalue weighted by Gasteiger charge is -2.12. The topological polar surface area (TPSA) is 75.4 Å². The van der Waals surface area contributed by atoms with Crippen LogP contribution in [-0.4, -0.2) is 28.6 Å². The molecule has 2 aromatic rings. The third-order valence-electron chi connectivity index (χ3n) is 2.55. The van der Waals surface area contributed by atoms with Crippen LogP contribution in [0.5, 0.6) is 0 Å². The smallest absolute Gasteiger partial charge is 0.271 e. The first-order chi connectivity index (χ1) is 8.74. The number of nitrogens with zero attached hydrogens (tertiary/aromatic N) is 1. The highest BCUT2D eigenvalue weighted by atomic mass is 32.1. The van der Waals surface area contributed by atoms with Gasteiger partial charge in [0.15, 0.2) is 0 Å². The van der Waals surface area contributed by atoms with Crippen LogP contribution < -0.4 is 5.32 Å². The molecule has 0 spiro atoms. The van der Waals surface area contributed by atoms with Gasteiger partial charge in [0.1, 0.15) is 17.0 Å². The fourth-order valence-corrected chi connectivity index (χ4v) is 2.22. The Morgan fingerprint density at radius 1 is 1.67 bits per heavy atom. The van der Waals surface area contributed by atoms with Crippen LogP contribution in [0.15, 0.2) is 28.4 Å². The second-order valence-corrected chi connectivity index (χ2v) is 4.67. The van der Waals surface area contributed by atoms with Crippen molar-refractivity contribution >= 4 is 17.2 Å². The number of carbonyl (C=O) groups excluding carboxylic acids is 1. The van der Waals surface area contributed by atoms with Crippen LogP contribution in [0.3, 0.4) is 0 Å². The van der Waals surface area contributed by atoms with Crippen LogP contribution in [0.4, 0.5) is 0 Å². The molecule has 1 amide bonds. The Balaban J connectivity index is 2.08. The van der Waals surface area contributed by atoms with Gasteiger partial charge < -0.3 is 14.8 Å². The van der Waals surface area contributed by atoms with E-state index in [9.17, 15) is 4.79 Å². The number of nitrogens with one attached hydrogen (secondary N) is 1. The molecule has 0 saturated heterocycles. The molecule has 2 rings (SSSR count). The predicted octanol–water partition coefficient (Wildman–Crippen LogP) is 1.90. The molecule has 0 radical (unpaired) electrons. The van der Waals surface area contributed by atoms with Crippen molar-refractivity contribution in [3.63, 3.8) is 0 Å². The first-order valence-corrected chi connectivity index (χ1v) is 6.52. The van der Waals surface area contributed by atoms with E-state index in [1.807, 2.05) is 6.92 Å². The summed E-state index contributed by atoms with van der Waals surface area (Å²) in [7, 11) is 0. The second kappa shape index (κ2) is 5.79. The molecule has 0 aliphatic heterocycles. The Kier molecular flexibility index (Phi) is 4.11. The highest BCUT2D eigenvalue weighted by molar-refractivity contribution is 7.13. The van der Waals surface area contributed by atoms with Crippen molar-refractivity contribution in [1.29, 1.82) is 0 Å². The quantitative estimate of drug-likeness (QED) is 0.866. The van der Waals surface area contributed by atoms with Gasteiger partial charge in [0.25, 0.3) is 5.91 Å². The van der Waals surface area contributed by atoms with Crippen LogP contribution in [0, 0.1) is 0 Å². The van der Waals surface area contributed by atoms with Crippen molar-refractivity contribution < 1.29 is 14.3 Å². The maximum Gasteiger partial charge on any atom is 0.271 e. The third-order valence-corrected chi connectivity index (χ3v) is 3.44. The first-order valence-electron chi connectivity index (χ1n) is 5.64. The number of thiazole rings is 1. The van der Waals surface area contributed by atoms with Crippen molar-refractivity contribution in [1.82, 2.24) is 10.3 Å². The van der Waals surface area contributed by atoms with Crippen molar-refractivity contribution in [2.75, 3.05) is 6.61 Å². The maximum atomic E-state index is 11.9. The lowest BCUT2D eigenvalue weighted by atomic mass is 10.2. The lowest BCUT2D eigenvalue weighted by Crippen LogP contribution is -2.37. The molecule has 5 nitrogen and oxygen atoms in total. The van der Waals surface area contributed by atoms with Gasteiger partial charge in [-0.2, -0.15) is 0 Å². The van der Waals surface area contributed by atoms with E-state index in [2.05, 4.69) is 10.3 Å². The number of amides is 1. The summed E-state index contributed by atoms with van der Waals surface area (Å²) in [6.07, 6.45) is 3.83. The number of rotatable bonds is 5. The molecule has 2 N–H and O–H groups in total. The Morgan fingerprint density at radius 3 is 3.11 bits per heavy atom. The molecule has 1 unspecified atom stereocenters. The van der Waals surface area contributed by atoms with Crippen LogP contribution in [-0.2, 0) is 0 Å². The molecular formula is C12H14N2O3S. The van der Waals surface area contributed by atoms with Crippen molar-refractivity contribution in [2.24, 2.45) is 0 Å². The van der Waals surface area contributed by atoms with Gasteiger partial charge in [0.05, 0.1) is 18.9 Å². The van der Waals surface area contributed by atoms with Gasteiger partial charge >= 0.3 is 0 Å². The van der Waals surface area contributed by atoms with Gasteiger partial charge in [-0.05, 0) is 12.5 Å². The summed E-state index contributed by atoms with van der Waals surface area (Å²) in [4.78, 5) is 16.1. The molecule has 2 aromatic heterocycles. The monoisotopic (exact) mass is 266 g/mol. The summed E-state index contributed by atoms with van der Waals surface area (Å²) in [5.74, 6) is -0.262. The Morgan fingerprint density at radius 2 is 2.50 bits per heavy atom. The standard InChI is InChI=1S/C12H14N2O3S/c1-2-9(5-15)13-11(16)10-7-18-12(14-10)8-3-4-17-6-8/h3-4,6-7,9,15H,2,5H2,1H3,(H,13,16). The van der Waals surface area contributed by atoms with E-state index < -0.39 is 0 Å². The zero-order chi connectivity index (χ0) is 13.0. The number of carbonyl (C=O) groups is 1. The average molecular weight is 266 g/mol. The van der Waals surface area contributed by atoms with E-state index in [1.54, 1.807) is 24.0 Å². The van der Waals surface area contributed by atoms with E-state index in [4.69, 9.17) is 9.52 Å². The Labute approximate surface area is 108 Å². The molecule has 1 atom stereocenters. The zero-order valence-corrected chi connectivity index (χ0v) is 10.7. The van der Waals surface area contributed by atoms with Crippen LogP contribution in [0.1, 0.15) is 23.8 Å². The van der Waals surface area contributed by atoms with E-state index in [1.165, 1.54) is 11.3 Å². The number of hydrogen-bond donors (Lipinski definition) is 2. The molecule has 0 aliphatic rings. The second-order valence-electron chi connectivity index (χ2n) is 3.81. The third kappa shape index (κ3) is 2.77. The molecule has 0 saturated carbocycles. The summed E-state index contributed by atoms with van der Waals surface area (Å²) in [5.41, 5.74) is 1.22. The summed E-state index contributed by atoms with van der Waals surface area (Å²) < 4.78 is 4.97. The fourth-order valence-electron chi connectivity index (χ4n) is 1.43. The fraction of sp³-hybridized carbons (Fsp3) is 0.333. The molecule has 0 aliphatic carbocycles. The van der Waals surface area contributed by atoms with E-state index in [0.29, 0.717) is 12.1 Å². The normalized spacial score (nSPS) is 12.3. The highest BCUT2D eigenvalue weighted by Crippen LogP contribution is 2.23. The Hall–Kier alpha value is -1.66. The largest absolute Gasteiger partial charge is 0.472 e. The van der Waals surface area contributed by atoms with Gasteiger partial charge in [-0.15, -0.1) is 11.3 Å². The van der Waals surface area contributed by atoms with Crippen molar-refractivity contribution in [2.45, 2.75) is 19.4 Å². The Bertz CT molecular complexity index is 503. The summed E-state index contributed by atoms with van der Waals surface area (Å²) in [6.45, 7) is 1.83. The zero-order valence-electron chi connectivity index (χ0n) is 9.92. The average Bonchev–Trinajstić information content (AvgIpc) is 3.04. The predicted molar refractivity (Wildman–Crippen MR) is 68.4 cm³/mol. The minimum atomic E-state index is -0.262. The van der Waals surface area contributed by atoms with Crippen molar-refractivity contribution in [3.05, 3.63) is 29.7 Å². The number of aliphatic hydroxyl groups excluding tert-OH is 1. The van der Waals surface area contributed by atoms with Gasteiger partial charge in [-0.25, -0.2) is 4.98 Å². The lowest BCUT2D eigenvalue weighted by molar-refractivity contribution is 0.0910. The SMILES string of the molecule is CCC(CO)NC(=O)c1csc(-c2ccoc2)n1. The molecule has 18 heavy (non-hydrogen) atoms. The molecular weight excluding hydrogens is 252 g/mol. The molecule has 0 aromatic carbocycles. The molecule has 0 bridgehead atoms. The summed E-state index contributed by atoms with van der Waals surface area (Å²) in [6, 6.07) is 1.57. The van der Waals surface area contributed by atoms with Gasteiger partial charge in [0, 0.05) is 10.9 Å². The number of hydrogen-bond acceptors (Lipinski definition) is 5. The van der Waals surface area contributed by atoms with E-state index in [-0.39, 0.29) is 18.6 Å². The van der Waals surface area contributed by atoms with Gasteiger partial charge in [-0.3, -0.25) is 4.79 Å². The summed E-state index contributed by atoms with van der Waals surface area (Å²) >= 11 is 1.38. The molecule has 2 heterocycles. The van der Waals surface area contributed by atoms with Crippen LogP contribution in [0.2, 0.25) is 0 Å². The van der Waals surface area contributed by atoms with Crippen molar-refractivity contribution in [3.8, 4) is 10.6 Å². The van der Waals surface area contributed by atoms with Crippen LogP contribution >= 0.6 is 11.3 Å². The van der Waals surface area contributed by atoms with E-state index in [0.717, 1.165) is 10.6 Å². The number of furan rings is 1. The minimum Gasteiger partial charge on any atom is -0.472 e. The maximum absolute atomic E-state index is 11.9. The molecule has 0 fully saturated rings. The highest BCUT2D eigenvalue weighted by Gasteiger charge is 2.15. The van der Waals surface area contributed by atoms with Crippen LogP contribution in [0.25, 0.3) is 10.6 Å². The van der Waals surface area contributed by atoms with E-state index >= 15 is 0 Å². The summed E-state index contributed by atoms with van der Waals surface area (Å²) in [5, 5.41) is 14.2. The van der Waals surface area contributed by atoms with Gasteiger partial charge in [-0.1, -0.05) is 6.92 Å². The number of aliphatic hydroxyl groups is 1. The van der Waals surface area contributed by atoms with Gasteiger partial charge in [0.2, 0.25) is 0 Å².